The van der Waals surface area contributed by atoms with E-state index >= 15 is 0 Å². The number of likely N-dealkylation sites (tertiary alicyclic amines) is 1. The lowest BCUT2D eigenvalue weighted by Crippen LogP contribution is -2.38. The molecule has 2 unspecified atom stereocenters. The molecule has 1 fully saturated rings. The molecule has 0 radical (unpaired) electrons. The molecule has 0 aliphatic carbocycles. The van der Waals surface area contributed by atoms with Crippen LogP contribution in [0.5, 0.6) is 0 Å². The second-order valence-corrected chi connectivity index (χ2v) is 5.35. The van der Waals surface area contributed by atoms with Crippen LogP contribution in [0, 0.1) is 5.92 Å². The maximum Gasteiger partial charge on any atom is 0.254 e. The lowest BCUT2D eigenvalue weighted by Gasteiger charge is -2.25. The highest BCUT2D eigenvalue weighted by molar-refractivity contribution is 6.18. The van der Waals surface area contributed by atoms with Crippen molar-refractivity contribution in [2.75, 3.05) is 12.4 Å². The Morgan fingerprint density at radius 2 is 2.06 bits per heavy atom. The molecule has 1 saturated heterocycles. The molecule has 2 rings (SSSR count). The number of carbonyl (C=O) groups is 1. The average Bonchev–Trinajstić information content (AvgIpc) is 2.79. The fourth-order valence-electron chi connectivity index (χ4n) is 2.54. The van der Waals surface area contributed by atoms with Gasteiger partial charge in [-0.05, 0) is 36.5 Å². The number of nitrogens with zero attached hydrogens (tertiary/aromatic N) is 1. The van der Waals surface area contributed by atoms with Gasteiger partial charge in [-0.1, -0.05) is 26.0 Å². The quantitative estimate of drug-likeness (QED) is 0.768. The number of benzene rings is 1. The molecule has 3 heteroatoms. The van der Waals surface area contributed by atoms with Gasteiger partial charge in [0.2, 0.25) is 0 Å². The summed E-state index contributed by atoms with van der Waals surface area (Å²) in [7, 11) is 0. The molecule has 0 bridgehead atoms. The number of aryl methyl sites for hydroxylation is 1. The van der Waals surface area contributed by atoms with E-state index in [1.165, 1.54) is 5.56 Å². The molecular weight excluding hydrogens is 246 g/mol. The summed E-state index contributed by atoms with van der Waals surface area (Å²) in [5.41, 5.74) is 2.03. The number of halogens is 1. The van der Waals surface area contributed by atoms with Gasteiger partial charge in [0.25, 0.3) is 5.91 Å². The number of rotatable bonds is 3. The molecule has 1 heterocycles. The summed E-state index contributed by atoms with van der Waals surface area (Å²) in [6, 6.07) is 8.10. The Labute approximate surface area is 114 Å². The highest BCUT2D eigenvalue weighted by Gasteiger charge is 2.33. The zero-order chi connectivity index (χ0) is 13.1. The van der Waals surface area contributed by atoms with Gasteiger partial charge >= 0.3 is 0 Å². The van der Waals surface area contributed by atoms with E-state index in [2.05, 4.69) is 13.8 Å². The van der Waals surface area contributed by atoms with E-state index in [4.69, 9.17) is 11.6 Å². The van der Waals surface area contributed by atoms with Crippen molar-refractivity contribution >= 4 is 17.5 Å². The highest BCUT2D eigenvalue weighted by Crippen LogP contribution is 2.26. The first-order chi connectivity index (χ1) is 8.67. The van der Waals surface area contributed by atoms with E-state index in [1.807, 2.05) is 29.2 Å². The molecule has 0 spiro atoms. The monoisotopic (exact) mass is 265 g/mol. The van der Waals surface area contributed by atoms with Crippen LogP contribution in [-0.4, -0.2) is 29.3 Å². The first-order valence-corrected chi connectivity index (χ1v) is 7.16. The second-order valence-electron chi connectivity index (χ2n) is 5.04. The minimum absolute atomic E-state index is 0.118. The van der Waals surface area contributed by atoms with Crippen molar-refractivity contribution in [1.29, 1.82) is 0 Å². The summed E-state index contributed by atoms with van der Waals surface area (Å²) < 4.78 is 0. The first-order valence-electron chi connectivity index (χ1n) is 6.63. The Morgan fingerprint density at radius 3 is 2.61 bits per heavy atom. The molecule has 1 aliphatic rings. The zero-order valence-electron chi connectivity index (χ0n) is 11.0. The van der Waals surface area contributed by atoms with Gasteiger partial charge in [0.1, 0.15) is 0 Å². The topological polar surface area (TPSA) is 20.3 Å². The Bertz CT molecular complexity index is 415. The molecule has 2 atom stereocenters. The molecule has 2 nitrogen and oxygen atoms in total. The van der Waals surface area contributed by atoms with Crippen molar-refractivity contribution in [2.45, 2.75) is 32.7 Å². The maximum atomic E-state index is 12.4. The van der Waals surface area contributed by atoms with Gasteiger partial charge in [-0.2, -0.15) is 0 Å². The van der Waals surface area contributed by atoms with Crippen LogP contribution < -0.4 is 0 Å². The summed E-state index contributed by atoms with van der Waals surface area (Å²) >= 11 is 5.98. The third kappa shape index (κ3) is 2.54. The number of carbonyl (C=O) groups excluding carboxylic acids is 1. The van der Waals surface area contributed by atoms with Gasteiger partial charge in [0, 0.05) is 24.0 Å². The SMILES string of the molecule is CCc1ccc(C(=O)N2CCC(C)C2CCl)cc1. The smallest absolute Gasteiger partial charge is 0.254 e. The van der Waals surface area contributed by atoms with E-state index in [-0.39, 0.29) is 11.9 Å². The Balaban J connectivity index is 2.15. The molecule has 0 N–H and O–H groups in total. The average molecular weight is 266 g/mol. The van der Waals surface area contributed by atoms with E-state index < -0.39 is 0 Å². The van der Waals surface area contributed by atoms with Crippen molar-refractivity contribution in [1.82, 2.24) is 4.90 Å². The van der Waals surface area contributed by atoms with Crippen molar-refractivity contribution < 1.29 is 4.79 Å². The molecule has 1 aromatic rings. The van der Waals surface area contributed by atoms with Crippen molar-refractivity contribution in [3.05, 3.63) is 35.4 Å². The summed E-state index contributed by atoms with van der Waals surface area (Å²) in [6.45, 7) is 5.11. The summed E-state index contributed by atoms with van der Waals surface area (Å²) in [6.07, 6.45) is 2.05. The Kier molecular flexibility index (Phi) is 4.28. The summed E-state index contributed by atoms with van der Waals surface area (Å²) in [4.78, 5) is 14.4. The number of hydrogen-bond donors (Lipinski definition) is 0. The Morgan fingerprint density at radius 1 is 1.39 bits per heavy atom. The normalized spacial score (nSPS) is 23.4. The third-order valence-electron chi connectivity index (χ3n) is 3.91. The van der Waals surface area contributed by atoms with Crippen LogP contribution in [0.4, 0.5) is 0 Å². The van der Waals surface area contributed by atoms with E-state index in [0.29, 0.717) is 11.8 Å². The van der Waals surface area contributed by atoms with Crippen molar-refractivity contribution in [3.63, 3.8) is 0 Å². The minimum Gasteiger partial charge on any atom is -0.334 e. The maximum absolute atomic E-state index is 12.4. The van der Waals surface area contributed by atoms with Crippen LogP contribution in [-0.2, 0) is 6.42 Å². The van der Waals surface area contributed by atoms with Crippen LogP contribution in [0.25, 0.3) is 0 Å². The highest BCUT2D eigenvalue weighted by atomic mass is 35.5. The van der Waals surface area contributed by atoms with E-state index in [1.54, 1.807) is 0 Å². The van der Waals surface area contributed by atoms with Gasteiger partial charge in [0.15, 0.2) is 0 Å². The lowest BCUT2D eigenvalue weighted by molar-refractivity contribution is 0.0737. The molecule has 1 amide bonds. The lowest BCUT2D eigenvalue weighted by atomic mass is 10.0. The number of hydrogen-bond acceptors (Lipinski definition) is 1. The van der Waals surface area contributed by atoms with E-state index in [9.17, 15) is 4.79 Å². The van der Waals surface area contributed by atoms with Crippen LogP contribution in [0.3, 0.4) is 0 Å². The summed E-state index contributed by atoms with van der Waals surface area (Å²) in [5.74, 6) is 1.15. The van der Waals surface area contributed by atoms with E-state index in [0.717, 1.165) is 24.9 Å². The molecule has 98 valence electrons. The molecular formula is C15H20ClNO. The molecule has 0 aromatic heterocycles. The van der Waals surface area contributed by atoms with Crippen LogP contribution in [0.15, 0.2) is 24.3 Å². The fraction of sp³-hybridized carbons (Fsp3) is 0.533. The molecule has 0 saturated carbocycles. The predicted octanol–water partition coefficient (Wildman–Crippen LogP) is 3.34. The predicted molar refractivity (Wildman–Crippen MR) is 75.1 cm³/mol. The van der Waals surface area contributed by atoms with Crippen LogP contribution in [0.1, 0.15) is 36.2 Å². The molecule has 1 aliphatic heterocycles. The zero-order valence-corrected chi connectivity index (χ0v) is 11.8. The third-order valence-corrected chi connectivity index (χ3v) is 4.23. The number of amides is 1. The van der Waals surface area contributed by atoms with Gasteiger partial charge < -0.3 is 4.90 Å². The van der Waals surface area contributed by atoms with Crippen molar-refractivity contribution in [3.8, 4) is 0 Å². The largest absolute Gasteiger partial charge is 0.334 e. The van der Waals surface area contributed by atoms with Gasteiger partial charge in [-0.15, -0.1) is 11.6 Å². The minimum atomic E-state index is 0.118. The van der Waals surface area contributed by atoms with Crippen molar-refractivity contribution in [2.24, 2.45) is 5.92 Å². The molecule has 18 heavy (non-hydrogen) atoms. The van der Waals surface area contributed by atoms with Gasteiger partial charge in [-0.25, -0.2) is 0 Å². The van der Waals surface area contributed by atoms with Crippen LogP contribution in [0.2, 0.25) is 0 Å². The standard InChI is InChI=1S/C15H20ClNO/c1-3-12-4-6-13(7-5-12)15(18)17-9-8-11(2)14(17)10-16/h4-7,11,14H,3,8-10H2,1-2H3. The second kappa shape index (κ2) is 5.75. The van der Waals surface area contributed by atoms with Crippen LogP contribution >= 0.6 is 11.6 Å². The molecule has 1 aromatic carbocycles. The number of alkyl halides is 1. The first kappa shape index (κ1) is 13.4. The summed E-state index contributed by atoms with van der Waals surface area (Å²) in [5, 5.41) is 0. The Hall–Kier alpha value is -1.02. The fourth-order valence-corrected chi connectivity index (χ4v) is 3.02. The van der Waals surface area contributed by atoms with Gasteiger partial charge in [-0.3, -0.25) is 4.79 Å². The van der Waals surface area contributed by atoms with Gasteiger partial charge in [0.05, 0.1) is 0 Å².